The van der Waals surface area contributed by atoms with Gasteiger partial charge in [-0.2, -0.15) is 0 Å². The summed E-state index contributed by atoms with van der Waals surface area (Å²) in [5, 5.41) is 19.2. The third-order valence-electron chi connectivity index (χ3n) is 8.00. The number of carboxylic acids is 1. The van der Waals surface area contributed by atoms with Crippen LogP contribution in [0.25, 0.3) is 10.8 Å². The van der Waals surface area contributed by atoms with Crippen molar-refractivity contribution in [2.45, 2.75) is 89.1 Å². The molecule has 0 spiro atoms. The minimum Gasteiger partial charge on any atom is -0.478 e. The smallest absolute Gasteiger partial charge is 0.328 e. The Labute approximate surface area is 238 Å². The van der Waals surface area contributed by atoms with Crippen molar-refractivity contribution in [3.63, 3.8) is 0 Å². The lowest BCUT2D eigenvalue weighted by molar-refractivity contribution is -0.131. The fourth-order valence-electron chi connectivity index (χ4n) is 5.86. The molecule has 2 heterocycles. The maximum absolute atomic E-state index is 12.0. The van der Waals surface area contributed by atoms with Gasteiger partial charge in [0.25, 0.3) is 0 Å². The second kappa shape index (κ2) is 15.2. The Morgan fingerprint density at radius 1 is 1.05 bits per heavy atom. The molecule has 1 aromatic heterocycles. The number of carbonyl (C=O) groups is 1. The number of aromatic nitrogens is 1. The number of aliphatic carboxylic acids is 1. The predicted octanol–water partition coefficient (Wildman–Crippen LogP) is 6.95. The zero-order chi connectivity index (χ0) is 28.2. The second-order valence-corrected chi connectivity index (χ2v) is 11.0. The first-order chi connectivity index (χ1) is 19.5. The van der Waals surface area contributed by atoms with Crippen molar-refractivity contribution < 1.29 is 9.90 Å². The Bertz CT molecular complexity index is 1270. The molecule has 0 bridgehead atoms. The average molecular weight is 544 g/mol. The molecule has 3 aromatic rings. The van der Waals surface area contributed by atoms with E-state index in [2.05, 4.69) is 70.0 Å². The summed E-state index contributed by atoms with van der Waals surface area (Å²) >= 11 is 0. The highest BCUT2D eigenvalue weighted by Gasteiger charge is 2.27. The van der Waals surface area contributed by atoms with Gasteiger partial charge >= 0.3 is 5.97 Å². The molecule has 0 saturated heterocycles. The summed E-state index contributed by atoms with van der Waals surface area (Å²) in [4.78, 5) is 19.5. The largest absolute Gasteiger partial charge is 0.478 e. The van der Waals surface area contributed by atoms with Crippen LogP contribution in [-0.4, -0.2) is 40.6 Å². The number of hydrogen-bond acceptors (Lipinski definition) is 5. The van der Waals surface area contributed by atoms with E-state index in [0.29, 0.717) is 24.8 Å². The van der Waals surface area contributed by atoms with Gasteiger partial charge in [0.1, 0.15) is 5.82 Å². The molecule has 0 radical (unpaired) electrons. The molecule has 1 aliphatic heterocycles. The molecule has 214 valence electrons. The molecule has 0 saturated carbocycles. The van der Waals surface area contributed by atoms with E-state index in [0.717, 1.165) is 30.7 Å². The normalized spacial score (nSPS) is 17.2. The number of carboxylic acid groups (broad SMARTS) is 1. The van der Waals surface area contributed by atoms with Crippen molar-refractivity contribution in [3.05, 3.63) is 78.0 Å². The summed E-state index contributed by atoms with van der Waals surface area (Å²) in [5.74, 6) is 0.676. The predicted molar refractivity (Wildman–Crippen MR) is 166 cm³/mol. The number of guanidine groups is 1. The van der Waals surface area contributed by atoms with Gasteiger partial charge in [0, 0.05) is 18.8 Å². The Morgan fingerprint density at radius 3 is 2.60 bits per heavy atom. The number of nitrogens with two attached hydrogens (primary N) is 1. The summed E-state index contributed by atoms with van der Waals surface area (Å²) in [5.41, 5.74) is 8.17. The molecule has 0 unspecified atom stereocenters. The van der Waals surface area contributed by atoms with Crippen LogP contribution >= 0.6 is 0 Å². The van der Waals surface area contributed by atoms with Gasteiger partial charge in [-0.1, -0.05) is 87.9 Å². The number of nitrogens with one attached hydrogen (secondary N) is 3. The lowest BCUT2D eigenvalue weighted by Gasteiger charge is -2.32. The molecule has 0 fully saturated rings. The van der Waals surface area contributed by atoms with E-state index < -0.39 is 5.97 Å². The van der Waals surface area contributed by atoms with Crippen LogP contribution < -0.4 is 16.4 Å². The Kier molecular flexibility index (Phi) is 11.1. The van der Waals surface area contributed by atoms with Gasteiger partial charge in [-0.05, 0) is 65.6 Å². The monoisotopic (exact) mass is 543 g/mol. The number of H-pyrrole nitrogens is 1. The first-order valence-corrected chi connectivity index (χ1v) is 14.9. The van der Waals surface area contributed by atoms with Crippen LogP contribution in [0.15, 0.2) is 77.4 Å². The van der Waals surface area contributed by atoms with Crippen LogP contribution in [0.1, 0.15) is 82.6 Å². The van der Waals surface area contributed by atoms with E-state index in [4.69, 9.17) is 5.73 Å². The van der Waals surface area contributed by atoms with Gasteiger partial charge in [0.05, 0.1) is 12.1 Å². The van der Waals surface area contributed by atoms with Crippen LogP contribution in [0.4, 0.5) is 5.82 Å². The number of anilines is 1. The number of aromatic amines is 1. The molecule has 2 aromatic carbocycles. The maximum atomic E-state index is 12.0. The van der Waals surface area contributed by atoms with Gasteiger partial charge in [0.15, 0.2) is 5.96 Å². The van der Waals surface area contributed by atoms with E-state index in [1.807, 2.05) is 18.3 Å². The van der Waals surface area contributed by atoms with Crippen LogP contribution in [0, 0.1) is 0 Å². The van der Waals surface area contributed by atoms with Crippen molar-refractivity contribution in [2.75, 3.05) is 11.9 Å². The quantitative estimate of drug-likeness (QED) is 0.0990. The number of benzene rings is 2. The number of unbranched alkanes of at least 4 members (excludes halogenated alkanes) is 5. The first kappa shape index (κ1) is 29.2. The lowest BCUT2D eigenvalue weighted by Crippen LogP contribution is -2.48. The van der Waals surface area contributed by atoms with Crippen molar-refractivity contribution in [1.29, 1.82) is 0 Å². The van der Waals surface area contributed by atoms with Crippen molar-refractivity contribution >= 4 is 28.5 Å². The van der Waals surface area contributed by atoms with Gasteiger partial charge in [-0.15, -0.1) is 0 Å². The molecule has 4 rings (SSSR count). The summed E-state index contributed by atoms with van der Waals surface area (Å²) in [6.07, 6.45) is 14.4. The van der Waals surface area contributed by atoms with E-state index in [-0.39, 0.29) is 12.1 Å². The molecule has 0 amide bonds. The molecular weight excluding hydrogens is 498 g/mol. The third-order valence-corrected chi connectivity index (χ3v) is 8.00. The second-order valence-electron chi connectivity index (χ2n) is 11.0. The van der Waals surface area contributed by atoms with Crippen LogP contribution in [0.5, 0.6) is 0 Å². The Balaban J connectivity index is 1.56. The van der Waals surface area contributed by atoms with Crippen molar-refractivity contribution in [2.24, 2.45) is 10.7 Å². The number of fused-ring (bicyclic) bond motifs is 1. The fourth-order valence-corrected chi connectivity index (χ4v) is 5.86. The summed E-state index contributed by atoms with van der Waals surface area (Å²) in [6, 6.07) is 19.0. The van der Waals surface area contributed by atoms with E-state index >= 15 is 0 Å². The summed E-state index contributed by atoms with van der Waals surface area (Å²) < 4.78 is 0. The lowest BCUT2D eigenvalue weighted by atomic mass is 9.84. The summed E-state index contributed by atoms with van der Waals surface area (Å²) in [6.45, 7) is 2.83. The zero-order valence-electron chi connectivity index (χ0n) is 23.7. The number of rotatable bonds is 16. The van der Waals surface area contributed by atoms with Gasteiger partial charge < -0.3 is 26.5 Å². The molecular formula is C33H45N5O2. The molecule has 40 heavy (non-hydrogen) atoms. The third kappa shape index (κ3) is 8.63. The molecule has 7 nitrogen and oxygen atoms in total. The van der Waals surface area contributed by atoms with E-state index in [9.17, 15) is 9.90 Å². The van der Waals surface area contributed by atoms with Gasteiger partial charge in [-0.3, -0.25) is 4.99 Å². The van der Waals surface area contributed by atoms with Gasteiger partial charge in [0.2, 0.25) is 0 Å². The molecule has 0 aliphatic carbocycles. The van der Waals surface area contributed by atoms with E-state index in [1.54, 1.807) is 0 Å². The number of nitrogens with zero attached hydrogens (tertiary/aromatic N) is 1. The molecule has 6 N–H and O–H groups in total. The van der Waals surface area contributed by atoms with Crippen LogP contribution in [0.3, 0.4) is 0 Å². The molecule has 7 heteroatoms. The molecule has 1 aliphatic rings. The van der Waals surface area contributed by atoms with Crippen LogP contribution in [0.2, 0.25) is 0 Å². The highest BCUT2D eigenvalue weighted by Crippen LogP contribution is 2.32. The summed E-state index contributed by atoms with van der Waals surface area (Å²) in [7, 11) is 0. The number of aliphatic imine (C=N–C) groups is 1. The maximum Gasteiger partial charge on any atom is 0.328 e. The highest BCUT2D eigenvalue weighted by molar-refractivity contribution is 5.84. The van der Waals surface area contributed by atoms with E-state index in [1.165, 1.54) is 60.9 Å². The number of hydrogen-bond donors (Lipinski definition) is 5. The van der Waals surface area contributed by atoms with Gasteiger partial charge in [-0.25, -0.2) is 4.79 Å². The minimum absolute atomic E-state index is 0.175. The van der Waals surface area contributed by atoms with Crippen molar-refractivity contribution in [1.82, 2.24) is 10.3 Å². The fraction of sp³-hybridized carbons (Fsp3) is 0.455. The minimum atomic E-state index is -0.950. The SMILES string of the molecule is CCCCCCCC[C@H](CC[C@@H](Nc1ccc[nH]1)/C(=C/C(=O)O)[C@H]1CCN=C(N)N1)c1ccc2ccccc2c1. The zero-order valence-corrected chi connectivity index (χ0v) is 23.7. The Hall–Kier alpha value is -3.74. The Morgan fingerprint density at radius 2 is 1.85 bits per heavy atom. The van der Waals surface area contributed by atoms with Crippen molar-refractivity contribution in [3.8, 4) is 0 Å². The average Bonchev–Trinajstić information content (AvgIpc) is 3.47. The standard InChI is InChI=1S/C33H45N5O2/c1-2-3-4-5-6-7-11-25(27-16-15-24-12-8-9-13-26(24)22-27)17-18-29(37-31-14-10-20-35-31)28(23-32(39)40)30-19-21-36-33(34)38-30/h8-10,12-16,20,22-23,25,29-30,35,37H,2-7,11,17-19,21H2,1H3,(H,39,40)(H3,34,36,38)/b28-23-/t25-,29-,30-/m1/s1. The topological polar surface area (TPSA) is 116 Å². The molecule has 3 atom stereocenters. The van der Waals surface area contributed by atoms with Crippen LogP contribution in [-0.2, 0) is 4.79 Å². The highest BCUT2D eigenvalue weighted by atomic mass is 16.4. The first-order valence-electron chi connectivity index (χ1n) is 14.9.